The number of aryl methyl sites for hydroxylation is 1. The summed E-state index contributed by atoms with van der Waals surface area (Å²) >= 11 is 0. The van der Waals surface area contributed by atoms with E-state index in [9.17, 15) is 9.59 Å². The van der Waals surface area contributed by atoms with Crippen LogP contribution in [0, 0.1) is 0 Å². The van der Waals surface area contributed by atoms with Crippen LogP contribution >= 0.6 is 0 Å². The Morgan fingerprint density at radius 1 is 1.50 bits per heavy atom. The first-order valence-electron chi connectivity index (χ1n) is 5.37. The van der Waals surface area contributed by atoms with Crippen LogP contribution in [0.4, 0.5) is 0 Å². The lowest BCUT2D eigenvalue weighted by Gasteiger charge is -2.03. The molecule has 0 saturated heterocycles. The summed E-state index contributed by atoms with van der Waals surface area (Å²) in [4.78, 5) is 27.0. The Morgan fingerprint density at radius 3 is 2.83 bits per heavy atom. The largest absolute Gasteiger partial charge is 0.346 e. The van der Waals surface area contributed by atoms with Crippen LogP contribution in [0.5, 0.6) is 0 Å². The van der Waals surface area contributed by atoms with Gasteiger partial charge < -0.3 is 9.88 Å². The molecule has 2 rings (SSSR count). The second-order valence-electron chi connectivity index (χ2n) is 3.90. The van der Waals surface area contributed by atoms with E-state index in [0.717, 1.165) is 0 Å². The van der Waals surface area contributed by atoms with Gasteiger partial charge in [-0.3, -0.25) is 14.7 Å². The Morgan fingerprint density at radius 2 is 2.28 bits per heavy atom. The molecule has 0 aliphatic heterocycles. The predicted octanol–water partition coefficient (Wildman–Crippen LogP) is 0.276. The van der Waals surface area contributed by atoms with Gasteiger partial charge in [-0.2, -0.15) is 5.10 Å². The first-order valence-corrected chi connectivity index (χ1v) is 5.37. The summed E-state index contributed by atoms with van der Waals surface area (Å²) in [6.07, 6.45) is 3.00. The molecule has 7 heteroatoms. The smallest absolute Gasteiger partial charge is 0.268 e. The van der Waals surface area contributed by atoms with Crippen molar-refractivity contribution in [1.82, 2.24) is 25.1 Å². The molecule has 2 aromatic rings. The highest BCUT2D eigenvalue weighted by Crippen LogP contribution is 2.08. The van der Waals surface area contributed by atoms with Gasteiger partial charge in [0.2, 0.25) is 0 Å². The highest BCUT2D eigenvalue weighted by Gasteiger charge is 2.13. The van der Waals surface area contributed by atoms with Gasteiger partial charge in [0.15, 0.2) is 5.78 Å². The number of Topliss-reactive ketones (excluding diaryl/α,β-unsaturated/α-hetero) is 1. The number of carbonyl (C=O) groups excluding carboxylic acids is 2. The minimum Gasteiger partial charge on any atom is -0.346 e. The Kier molecular flexibility index (Phi) is 3.22. The van der Waals surface area contributed by atoms with Crippen LogP contribution < -0.4 is 5.32 Å². The zero-order valence-electron chi connectivity index (χ0n) is 10.1. The molecule has 94 valence electrons. The number of rotatable bonds is 4. The molecule has 0 atom stereocenters. The van der Waals surface area contributed by atoms with E-state index in [1.165, 1.54) is 13.3 Å². The maximum atomic E-state index is 11.9. The number of amides is 1. The number of nitrogens with one attached hydrogen (secondary N) is 2. The van der Waals surface area contributed by atoms with E-state index in [0.29, 0.717) is 17.1 Å². The molecule has 0 bridgehead atoms. The molecule has 0 aromatic carbocycles. The van der Waals surface area contributed by atoms with Gasteiger partial charge in [0.25, 0.3) is 5.91 Å². The zero-order chi connectivity index (χ0) is 13.1. The molecule has 1 amide bonds. The summed E-state index contributed by atoms with van der Waals surface area (Å²) < 4.78 is 1.62. The molecular formula is C11H13N5O2. The van der Waals surface area contributed by atoms with Crippen molar-refractivity contribution >= 4 is 11.7 Å². The van der Waals surface area contributed by atoms with E-state index in [-0.39, 0.29) is 18.2 Å². The third-order valence-electron chi connectivity index (χ3n) is 2.53. The minimum absolute atomic E-state index is 0.0696. The standard InChI is InChI=1S/C11H13N5O2/c1-7(17)8-3-9(16(2)5-8)11(18)12-4-10-13-6-14-15-10/h3,5-6H,4H2,1-2H3,(H,12,18)(H,13,14,15). The highest BCUT2D eigenvalue weighted by atomic mass is 16.2. The zero-order valence-corrected chi connectivity index (χ0v) is 10.1. The van der Waals surface area contributed by atoms with Crippen LogP contribution in [-0.2, 0) is 13.6 Å². The summed E-state index contributed by atoms with van der Waals surface area (Å²) in [5.74, 6) is 0.241. The van der Waals surface area contributed by atoms with Crippen molar-refractivity contribution in [2.75, 3.05) is 0 Å². The maximum absolute atomic E-state index is 11.9. The first kappa shape index (κ1) is 12.0. The van der Waals surface area contributed by atoms with E-state index >= 15 is 0 Å². The van der Waals surface area contributed by atoms with E-state index < -0.39 is 0 Å². The van der Waals surface area contributed by atoms with Crippen molar-refractivity contribution in [3.05, 3.63) is 35.7 Å². The summed E-state index contributed by atoms with van der Waals surface area (Å²) in [6.45, 7) is 1.73. The fourth-order valence-electron chi connectivity index (χ4n) is 1.55. The van der Waals surface area contributed by atoms with Crippen molar-refractivity contribution < 1.29 is 9.59 Å². The number of ketones is 1. The number of hydrogen-bond acceptors (Lipinski definition) is 4. The number of hydrogen-bond donors (Lipinski definition) is 2. The van der Waals surface area contributed by atoms with Gasteiger partial charge in [-0.25, -0.2) is 4.98 Å². The molecule has 0 aliphatic carbocycles. The predicted molar refractivity (Wildman–Crippen MR) is 63.0 cm³/mol. The molecule has 0 radical (unpaired) electrons. The molecule has 18 heavy (non-hydrogen) atoms. The van der Waals surface area contributed by atoms with E-state index in [4.69, 9.17) is 0 Å². The number of aromatic amines is 1. The van der Waals surface area contributed by atoms with Crippen molar-refractivity contribution in [3.8, 4) is 0 Å². The average Bonchev–Trinajstić information content (AvgIpc) is 2.94. The van der Waals surface area contributed by atoms with Crippen LogP contribution in [0.2, 0.25) is 0 Å². The Balaban J connectivity index is 2.06. The quantitative estimate of drug-likeness (QED) is 0.759. The third-order valence-corrected chi connectivity index (χ3v) is 2.53. The van der Waals surface area contributed by atoms with Gasteiger partial charge in [-0.15, -0.1) is 0 Å². The van der Waals surface area contributed by atoms with E-state index in [1.54, 1.807) is 23.9 Å². The van der Waals surface area contributed by atoms with Crippen LogP contribution in [0.15, 0.2) is 18.6 Å². The van der Waals surface area contributed by atoms with Gasteiger partial charge in [0.05, 0.1) is 6.54 Å². The number of nitrogens with zero attached hydrogens (tertiary/aromatic N) is 3. The highest BCUT2D eigenvalue weighted by molar-refractivity contribution is 5.99. The van der Waals surface area contributed by atoms with Gasteiger partial charge in [-0.1, -0.05) is 0 Å². The molecule has 0 unspecified atom stereocenters. The Bertz CT molecular complexity index is 570. The summed E-state index contributed by atoms with van der Waals surface area (Å²) in [7, 11) is 1.72. The van der Waals surface area contributed by atoms with Crippen molar-refractivity contribution in [2.45, 2.75) is 13.5 Å². The second-order valence-corrected chi connectivity index (χ2v) is 3.90. The lowest BCUT2D eigenvalue weighted by atomic mass is 10.2. The van der Waals surface area contributed by atoms with E-state index in [2.05, 4.69) is 20.5 Å². The van der Waals surface area contributed by atoms with Gasteiger partial charge in [0.1, 0.15) is 17.8 Å². The lowest BCUT2D eigenvalue weighted by Crippen LogP contribution is -2.25. The van der Waals surface area contributed by atoms with Crippen LogP contribution in [-0.4, -0.2) is 31.4 Å². The number of carbonyl (C=O) groups is 2. The molecule has 2 aromatic heterocycles. The summed E-state index contributed by atoms with van der Waals surface area (Å²) in [6, 6.07) is 1.57. The normalized spacial score (nSPS) is 10.3. The van der Waals surface area contributed by atoms with Crippen LogP contribution in [0.3, 0.4) is 0 Å². The first-order chi connectivity index (χ1) is 8.58. The average molecular weight is 247 g/mol. The van der Waals surface area contributed by atoms with Crippen molar-refractivity contribution in [2.24, 2.45) is 7.05 Å². The number of aromatic nitrogens is 4. The fourth-order valence-corrected chi connectivity index (χ4v) is 1.55. The maximum Gasteiger partial charge on any atom is 0.268 e. The molecule has 0 fully saturated rings. The SMILES string of the molecule is CC(=O)c1cc(C(=O)NCc2ncn[nH]2)n(C)c1. The minimum atomic E-state index is -0.263. The Hall–Kier alpha value is -2.44. The van der Waals surface area contributed by atoms with Crippen molar-refractivity contribution in [1.29, 1.82) is 0 Å². The number of H-pyrrole nitrogens is 1. The van der Waals surface area contributed by atoms with Gasteiger partial charge >= 0.3 is 0 Å². The van der Waals surface area contributed by atoms with Gasteiger partial charge in [0, 0.05) is 18.8 Å². The molecular weight excluding hydrogens is 234 g/mol. The molecule has 2 heterocycles. The topological polar surface area (TPSA) is 92.7 Å². The molecule has 0 aliphatic rings. The van der Waals surface area contributed by atoms with E-state index in [1.807, 2.05) is 0 Å². The fraction of sp³-hybridized carbons (Fsp3) is 0.273. The summed E-state index contributed by atoms with van der Waals surface area (Å²) in [5.41, 5.74) is 0.946. The lowest BCUT2D eigenvalue weighted by molar-refractivity contribution is 0.0941. The molecule has 0 saturated carbocycles. The Labute approximate surface area is 103 Å². The van der Waals surface area contributed by atoms with Crippen molar-refractivity contribution in [3.63, 3.8) is 0 Å². The molecule has 2 N–H and O–H groups in total. The van der Waals surface area contributed by atoms with Gasteiger partial charge in [-0.05, 0) is 13.0 Å². The third kappa shape index (κ3) is 2.45. The molecule has 7 nitrogen and oxygen atoms in total. The second kappa shape index (κ2) is 4.82. The van der Waals surface area contributed by atoms with Crippen LogP contribution in [0.1, 0.15) is 33.6 Å². The monoisotopic (exact) mass is 247 g/mol. The summed E-state index contributed by atoms with van der Waals surface area (Å²) in [5, 5.41) is 9.02. The molecule has 0 spiro atoms. The van der Waals surface area contributed by atoms with Crippen LogP contribution in [0.25, 0.3) is 0 Å².